The van der Waals surface area contributed by atoms with E-state index in [1.165, 1.54) is 10.4 Å². The van der Waals surface area contributed by atoms with Gasteiger partial charge in [0.2, 0.25) is 5.91 Å². The van der Waals surface area contributed by atoms with Crippen LogP contribution in [0.4, 0.5) is 0 Å². The molecule has 2 unspecified atom stereocenters. The Morgan fingerprint density at radius 3 is 2.65 bits per heavy atom. The van der Waals surface area contributed by atoms with Crippen LogP contribution in [0.5, 0.6) is 0 Å². The minimum Gasteiger partial charge on any atom is -0.348 e. The second-order valence-electron chi connectivity index (χ2n) is 4.35. The molecule has 0 bridgehead atoms. The molecule has 1 heterocycles. The van der Waals surface area contributed by atoms with Crippen LogP contribution in [0.25, 0.3) is 0 Å². The molecule has 0 spiro atoms. The van der Waals surface area contributed by atoms with Crippen LogP contribution in [-0.4, -0.2) is 36.7 Å². The molecule has 0 radical (unpaired) electrons. The van der Waals surface area contributed by atoms with Crippen LogP contribution in [0, 0.1) is 6.92 Å². The maximum absolute atomic E-state index is 11.6. The van der Waals surface area contributed by atoms with Crippen LogP contribution in [0.15, 0.2) is 11.4 Å². The van der Waals surface area contributed by atoms with Crippen molar-refractivity contribution in [1.29, 1.82) is 0 Å². The summed E-state index contributed by atoms with van der Waals surface area (Å²) < 4.78 is 0. The summed E-state index contributed by atoms with van der Waals surface area (Å²) in [7, 11) is 3.56. The monoisotopic (exact) mass is 272 g/mol. The minimum absolute atomic E-state index is 0.0484. The van der Waals surface area contributed by atoms with Crippen molar-refractivity contribution in [1.82, 2.24) is 4.90 Å². The number of amides is 1. The Labute approximate surface area is 111 Å². The molecule has 0 fully saturated rings. The van der Waals surface area contributed by atoms with Crippen molar-refractivity contribution in [2.45, 2.75) is 25.1 Å². The molecule has 1 amide bonds. The van der Waals surface area contributed by atoms with Gasteiger partial charge in [0.1, 0.15) is 0 Å². The van der Waals surface area contributed by atoms with E-state index in [1.54, 1.807) is 42.1 Å². The predicted molar refractivity (Wildman–Crippen MR) is 76.6 cm³/mol. The Hall–Kier alpha value is -0.520. The van der Waals surface area contributed by atoms with Gasteiger partial charge < -0.3 is 10.6 Å². The molecule has 1 aromatic heterocycles. The second-order valence-corrected chi connectivity index (χ2v) is 6.42. The highest BCUT2D eigenvalue weighted by Crippen LogP contribution is 2.36. The maximum atomic E-state index is 11.6. The van der Waals surface area contributed by atoms with E-state index in [0.717, 1.165) is 0 Å². The third-order valence-corrected chi connectivity index (χ3v) is 5.21. The first-order valence-corrected chi connectivity index (χ1v) is 7.47. The first-order valence-electron chi connectivity index (χ1n) is 5.54. The summed E-state index contributed by atoms with van der Waals surface area (Å²) in [5, 5.41) is 2.29. The standard InChI is InChI=1S/C12H20N2OS2/c1-8-5-6-16-11(8)12(9(2)13)17-7-10(15)14(3)4/h5-6,9,12H,7,13H2,1-4H3. The molecule has 1 rings (SSSR count). The van der Waals surface area contributed by atoms with Gasteiger partial charge in [-0.25, -0.2) is 0 Å². The van der Waals surface area contributed by atoms with E-state index < -0.39 is 0 Å². The summed E-state index contributed by atoms with van der Waals surface area (Å²) in [5.74, 6) is 0.617. The van der Waals surface area contributed by atoms with Gasteiger partial charge in [0.05, 0.1) is 11.0 Å². The van der Waals surface area contributed by atoms with Gasteiger partial charge in [0.25, 0.3) is 0 Å². The highest BCUT2D eigenvalue weighted by molar-refractivity contribution is 8.00. The van der Waals surface area contributed by atoms with Gasteiger partial charge in [0, 0.05) is 25.0 Å². The number of nitrogens with two attached hydrogens (primary N) is 1. The molecule has 1 aromatic rings. The molecule has 2 atom stereocenters. The van der Waals surface area contributed by atoms with Gasteiger partial charge in [-0.3, -0.25) is 4.79 Å². The van der Waals surface area contributed by atoms with Gasteiger partial charge in [-0.15, -0.1) is 23.1 Å². The number of hydrogen-bond donors (Lipinski definition) is 1. The molecule has 0 saturated carbocycles. The van der Waals surface area contributed by atoms with Gasteiger partial charge in [-0.1, -0.05) is 0 Å². The molecule has 17 heavy (non-hydrogen) atoms. The van der Waals surface area contributed by atoms with Gasteiger partial charge in [0.15, 0.2) is 0 Å². The number of carbonyl (C=O) groups is 1. The quantitative estimate of drug-likeness (QED) is 0.894. The molecule has 0 aliphatic carbocycles. The van der Waals surface area contributed by atoms with Gasteiger partial charge in [-0.2, -0.15) is 0 Å². The Kier molecular flexibility index (Phi) is 5.49. The molecule has 2 N–H and O–H groups in total. The molecular formula is C12H20N2OS2. The van der Waals surface area contributed by atoms with Crippen LogP contribution in [0.2, 0.25) is 0 Å². The minimum atomic E-state index is 0.0484. The fourth-order valence-corrected chi connectivity index (χ4v) is 4.05. The number of rotatable bonds is 5. The fraction of sp³-hybridized carbons (Fsp3) is 0.583. The largest absolute Gasteiger partial charge is 0.348 e. The zero-order valence-corrected chi connectivity index (χ0v) is 12.4. The zero-order valence-electron chi connectivity index (χ0n) is 10.8. The van der Waals surface area contributed by atoms with Crippen LogP contribution < -0.4 is 5.73 Å². The number of thiophene rings is 1. The lowest BCUT2D eigenvalue weighted by Gasteiger charge is -2.21. The molecule has 0 aromatic carbocycles. The number of hydrogen-bond acceptors (Lipinski definition) is 4. The molecule has 3 nitrogen and oxygen atoms in total. The lowest BCUT2D eigenvalue weighted by atomic mass is 10.1. The second kappa shape index (κ2) is 6.42. The van der Waals surface area contributed by atoms with E-state index in [4.69, 9.17) is 5.73 Å². The van der Waals surface area contributed by atoms with E-state index in [9.17, 15) is 4.79 Å². The number of nitrogens with zero attached hydrogens (tertiary/aromatic N) is 1. The summed E-state index contributed by atoms with van der Waals surface area (Å²) in [6.07, 6.45) is 0. The summed E-state index contributed by atoms with van der Waals surface area (Å²) in [6.45, 7) is 4.09. The highest BCUT2D eigenvalue weighted by atomic mass is 32.2. The lowest BCUT2D eigenvalue weighted by Crippen LogP contribution is -2.27. The smallest absolute Gasteiger partial charge is 0.232 e. The topological polar surface area (TPSA) is 46.3 Å². The molecule has 0 saturated heterocycles. The van der Waals surface area contributed by atoms with Crippen molar-refractivity contribution >= 4 is 29.0 Å². The Balaban J connectivity index is 2.69. The fourth-order valence-electron chi connectivity index (χ4n) is 1.43. The average molecular weight is 272 g/mol. The van der Waals surface area contributed by atoms with E-state index in [0.29, 0.717) is 5.75 Å². The van der Waals surface area contributed by atoms with Crippen molar-refractivity contribution in [2.75, 3.05) is 19.8 Å². The zero-order chi connectivity index (χ0) is 13.0. The summed E-state index contributed by atoms with van der Waals surface area (Å²) >= 11 is 3.35. The molecular weight excluding hydrogens is 252 g/mol. The molecule has 96 valence electrons. The van der Waals surface area contributed by atoms with Crippen molar-refractivity contribution in [3.05, 3.63) is 21.9 Å². The summed E-state index contributed by atoms with van der Waals surface area (Å²) in [4.78, 5) is 14.5. The number of thioether (sulfide) groups is 1. The van der Waals surface area contributed by atoms with Gasteiger partial charge >= 0.3 is 0 Å². The highest BCUT2D eigenvalue weighted by Gasteiger charge is 2.21. The van der Waals surface area contributed by atoms with E-state index in [1.807, 2.05) is 6.92 Å². The van der Waals surface area contributed by atoms with E-state index in [-0.39, 0.29) is 17.2 Å². The van der Waals surface area contributed by atoms with Crippen LogP contribution in [0.3, 0.4) is 0 Å². The van der Waals surface area contributed by atoms with Gasteiger partial charge in [-0.05, 0) is 30.9 Å². The van der Waals surface area contributed by atoms with Crippen LogP contribution >= 0.6 is 23.1 Å². The first-order chi connectivity index (χ1) is 7.93. The third kappa shape index (κ3) is 4.01. The Morgan fingerprint density at radius 2 is 2.24 bits per heavy atom. The van der Waals surface area contributed by atoms with Crippen LogP contribution in [0.1, 0.15) is 22.6 Å². The SMILES string of the molecule is Cc1ccsc1C(SCC(=O)N(C)C)C(C)N. The van der Waals surface area contributed by atoms with Crippen LogP contribution in [-0.2, 0) is 4.79 Å². The summed E-state index contributed by atoms with van der Waals surface area (Å²) in [5.41, 5.74) is 7.29. The number of aryl methyl sites for hydroxylation is 1. The van der Waals surface area contributed by atoms with Crippen molar-refractivity contribution in [3.63, 3.8) is 0 Å². The Morgan fingerprint density at radius 1 is 1.59 bits per heavy atom. The van der Waals surface area contributed by atoms with Crippen molar-refractivity contribution < 1.29 is 4.79 Å². The first kappa shape index (κ1) is 14.5. The lowest BCUT2D eigenvalue weighted by molar-refractivity contribution is -0.125. The molecule has 0 aliphatic heterocycles. The van der Waals surface area contributed by atoms with Crippen molar-refractivity contribution in [2.24, 2.45) is 5.73 Å². The molecule has 5 heteroatoms. The van der Waals surface area contributed by atoms with E-state index in [2.05, 4.69) is 18.4 Å². The summed E-state index contributed by atoms with van der Waals surface area (Å²) in [6, 6.07) is 2.15. The number of carbonyl (C=O) groups excluding carboxylic acids is 1. The van der Waals surface area contributed by atoms with E-state index >= 15 is 0 Å². The van der Waals surface area contributed by atoms with Crippen molar-refractivity contribution in [3.8, 4) is 0 Å². The maximum Gasteiger partial charge on any atom is 0.232 e. The predicted octanol–water partition coefficient (Wildman–Crippen LogP) is 2.27. The normalized spacial score (nSPS) is 14.4. The Bertz CT molecular complexity index is 374. The average Bonchev–Trinajstić information content (AvgIpc) is 2.64. The molecule has 0 aliphatic rings. The third-order valence-electron chi connectivity index (χ3n) is 2.52.